The summed E-state index contributed by atoms with van der Waals surface area (Å²) < 4.78 is 5.76. The van der Waals surface area contributed by atoms with Crippen LogP contribution in [0, 0.1) is 5.92 Å². The van der Waals surface area contributed by atoms with Crippen LogP contribution >= 0.6 is 0 Å². The molecule has 1 aliphatic rings. The predicted molar refractivity (Wildman–Crippen MR) is 86.2 cm³/mol. The summed E-state index contributed by atoms with van der Waals surface area (Å²) in [4.78, 5) is 16.4. The first-order valence-corrected chi connectivity index (χ1v) is 7.83. The van der Waals surface area contributed by atoms with Crippen molar-refractivity contribution in [3.8, 4) is 5.75 Å². The average molecular weight is 306 g/mol. The minimum Gasteiger partial charge on any atom is -0.491 e. The number of aliphatic hydroxyl groups is 1. The van der Waals surface area contributed by atoms with Crippen molar-refractivity contribution in [3.05, 3.63) is 29.8 Å². The second-order valence-corrected chi connectivity index (χ2v) is 6.23. The number of likely N-dealkylation sites (tertiary alicyclic amines) is 1. The molecule has 1 aromatic rings. The molecule has 5 heteroatoms. The van der Waals surface area contributed by atoms with E-state index in [1.807, 2.05) is 44.1 Å². The molecular weight excluding hydrogens is 280 g/mol. The van der Waals surface area contributed by atoms with Crippen molar-refractivity contribution in [3.63, 3.8) is 0 Å². The molecule has 1 saturated heterocycles. The van der Waals surface area contributed by atoms with Crippen LogP contribution in [0.2, 0.25) is 0 Å². The second-order valence-electron chi connectivity index (χ2n) is 6.23. The van der Waals surface area contributed by atoms with Gasteiger partial charge in [0.1, 0.15) is 12.4 Å². The highest BCUT2D eigenvalue weighted by Crippen LogP contribution is 2.23. The predicted octanol–water partition coefficient (Wildman–Crippen LogP) is 1.47. The molecule has 5 nitrogen and oxygen atoms in total. The van der Waals surface area contributed by atoms with E-state index in [-0.39, 0.29) is 11.8 Å². The van der Waals surface area contributed by atoms with E-state index in [9.17, 15) is 9.90 Å². The zero-order valence-corrected chi connectivity index (χ0v) is 13.7. The zero-order valence-electron chi connectivity index (χ0n) is 13.7. The number of nitrogens with zero attached hydrogens (tertiary/aromatic N) is 2. The molecule has 0 aliphatic carbocycles. The molecule has 1 fully saturated rings. The number of carbonyl (C=O) groups excluding carboxylic acids is 1. The van der Waals surface area contributed by atoms with Gasteiger partial charge in [-0.15, -0.1) is 0 Å². The van der Waals surface area contributed by atoms with E-state index in [4.69, 9.17) is 4.74 Å². The molecule has 1 heterocycles. The van der Waals surface area contributed by atoms with Gasteiger partial charge in [0.05, 0.1) is 11.7 Å². The van der Waals surface area contributed by atoms with Crippen LogP contribution in [0.4, 0.5) is 0 Å². The average Bonchev–Trinajstić information content (AvgIpc) is 2.49. The molecule has 2 unspecified atom stereocenters. The number of amides is 1. The molecular formula is C17H26N2O3. The smallest absolute Gasteiger partial charge is 0.257 e. The lowest BCUT2D eigenvalue weighted by Crippen LogP contribution is -2.45. The lowest BCUT2D eigenvalue weighted by atomic mass is 9.95. The Morgan fingerprint density at radius 2 is 2.14 bits per heavy atom. The molecule has 0 spiro atoms. The summed E-state index contributed by atoms with van der Waals surface area (Å²) in [6.45, 7) is 4.43. The van der Waals surface area contributed by atoms with Gasteiger partial charge in [-0.25, -0.2) is 0 Å². The van der Waals surface area contributed by atoms with Crippen molar-refractivity contribution >= 4 is 5.91 Å². The molecule has 1 aromatic carbocycles. The molecule has 0 bridgehead atoms. The highest BCUT2D eigenvalue weighted by molar-refractivity contribution is 5.97. The van der Waals surface area contributed by atoms with E-state index in [1.165, 1.54) is 0 Å². The van der Waals surface area contributed by atoms with E-state index >= 15 is 0 Å². The van der Waals surface area contributed by atoms with Gasteiger partial charge in [0, 0.05) is 19.6 Å². The topological polar surface area (TPSA) is 53.0 Å². The Morgan fingerprint density at radius 3 is 2.82 bits per heavy atom. The van der Waals surface area contributed by atoms with Crippen molar-refractivity contribution in [2.45, 2.75) is 19.4 Å². The van der Waals surface area contributed by atoms with Crippen molar-refractivity contribution in [1.82, 2.24) is 9.80 Å². The van der Waals surface area contributed by atoms with Crippen LogP contribution in [0.3, 0.4) is 0 Å². The van der Waals surface area contributed by atoms with E-state index in [2.05, 4.69) is 0 Å². The Balaban J connectivity index is 2.06. The quantitative estimate of drug-likeness (QED) is 0.895. The molecule has 0 radical (unpaired) electrons. The Hall–Kier alpha value is -1.59. The van der Waals surface area contributed by atoms with Crippen molar-refractivity contribution < 1.29 is 14.6 Å². The molecule has 2 atom stereocenters. The van der Waals surface area contributed by atoms with Gasteiger partial charge in [0.15, 0.2) is 0 Å². The molecule has 1 amide bonds. The zero-order chi connectivity index (χ0) is 16.1. The van der Waals surface area contributed by atoms with Crippen LogP contribution < -0.4 is 4.74 Å². The molecule has 122 valence electrons. The van der Waals surface area contributed by atoms with Crippen molar-refractivity contribution in [2.24, 2.45) is 5.92 Å². The number of hydrogen-bond donors (Lipinski definition) is 1. The van der Waals surface area contributed by atoms with Crippen LogP contribution in [-0.4, -0.2) is 67.3 Å². The van der Waals surface area contributed by atoms with Gasteiger partial charge in [0.2, 0.25) is 0 Å². The van der Waals surface area contributed by atoms with Crippen LogP contribution in [0.15, 0.2) is 24.3 Å². The van der Waals surface area contributed by atoms with Crippen molar-refractivity contribution in [2.75, 3.05) is 40.3 Å². The Morgan fingerprint density at radius 1 is 1.41 bits per heavy atom. The molecule has 22 heavy (non-hydrogen) atoms. The fourth-order valence-electron chi connectivity index (χ4n) is 2.51. The van der Waals surface area contributed by atoms with Gasteiger partial charge in [-0.2, -0.15) is 0 Å². The second kappa shape index (κ2) is 7.61. The third kappa shape index (κ3) is 4.21. The first-order valence-electron chi connectivity index (χ1n) is 7.83. The summed E-state index contributed by atoms with van der Waals surface area (Å²) in [7, 11) is 3.97. The summed E-state index contributed by atoms with van der Waals surface area (Å²) in [5.41, 5.74) is 0.572. The third-order valence-corrected chi connectivity index (χ3v) is 4.12. The number of para-hydroxylation sites is 1. The number of ether oxygens (including phenoxy) is 1. The lowest BCUT2D eigenvalue weighted by Gasteiger charge is -2.34. The first-order chi connectivity index (χ1) is 10.5. The maximum atomic E-state index is 12.7. The summed E-state index contributed by atoms with van der Waals surface area (Å²) in [5.74, 6) is 0.796. The monoisotopic (exact) mass is 306 g/mol. The Bertz CT molecular complexity index is 504. The van der Waals surface area contributed by atoms with E-state index in [0.29, 0.717) is 31.0 Å². The number of β-amino-alcohol motifs (C(OH)–C–C–N with tert-alkyl or cyclic N) is 1. The highest BCUT2D eigenvalue weighted by Gasteiger charge is 2.29. The number of aliphatic hydroxyl groups excluding tert-OH is 1. The Labute approximate surface area is 132 Å². The summed E-state index contributed by atoms with van der Waals surface area (Å²) in [6, 6.07) is 7.33. The molecule has 0 saturated carbocycles. The van der Waals surface area contributed by atoms with E-state index < -0.39 is 6.10 Å². The number of benzene rings is 1. The molecule has 2 rings (SSSR count). The molecule has 0 aromatic heterocycles. The fourth-order valence-corrected chi connectivity index (χ4v) is 2.51. The SMILES string of the molecule is CC1CCN(C(=O)c2ccccc2OCCN(C)C)CC1O. The maximum Gasteiger partial charge on any atom is 0.257 e. The van der Waals surface area contributed by atoms with Crippen LogP contribution in [0.25, 0.3) is 0 Å². The molecule has 1 N–H and O–H groups in total. The largest absolute Gasteiger partial charge is 0.491 e. The number of rotatable bonds is 5. The maximum absolute atomic E-state index is 12.7. The van der Waals surface area contributed by atoms with Crippen LogP contribution in [-0.2, 0) is 0 Å². The lowest BCUT2D eigenvalue weighted by molar-refractivity contribution is 0.0246. The summed E-state index contributed by atoms with van der Waals surface area (Å²) >= 11 is 0. The number of likely N-dealkylation sites (N-methyl/N-ethyl adjacent to an activating group) is 1. The molecule has 1 aliphatic heterocycles. The van der Waals surface area contributed by atoms with Gasteiger partial charge in [-0.3, -0.25) is 4.79 Å². The van der Waals surface area contributed by atoms with Gasteiger partial charge in [-0.1, -0.05) is 19.1 Å². The van der Waals surface area contributed by atoms with Crippen LogP contribution in [0.1, 0.15) is 23.7 Å². The van der Waals surface area contributed by atoms with Gasteiger partial charge in [0.25, 0.3) is 5.91 Å². The van der Waals surface area contributed by atoms with Gasteiger partial charge >= 0.3 is 0 Å². The number of hydrogen-bond acceptors (Lipinski definition) is 4. The van der Waals surface area contributed by atoms with Gasteiger partial charge < -0.3 is 19.6 Å². The van der Waals surface area contributed by atoms with E-state index in [0.717, 1.165) is 13.0 Å². The fraction of sp³-hybridized carbons (Fsp3) is 0.588. The number of carbonyl (C=O) groups is 1. The minimum atomic E-state index is -0.445. The third-order valence-electron chi connectivity index (χ3n) is 4.12. The van der Waals surface area contributed by atoms with Crippen molar-refractivity contribution in [1.29, 1.82) is 0 Å². The standard InChI is InChI=1S/C17H26N2O3/c1-13-8-9-19(12-15(13)20)17(21)14-6-4-5-7-16(14)22-11-10-18(2)3/h4-7,13,15,20H,8-12H2,1-3H3. The first kappa shape index (κ1) is 16.8. The van der Waals surface area contributed by atoms with Crippen LogP contribution in [0.5, 0.6) is 5.75 Å². The van der Waals surface area contributed by atoms with Gasteiger partial charge in [-0.05, 0) is 38.6 Å². The Kier molecular flexibility index (Phi) is 5.80. The minimum absolute atomic E-state index is 0.0635. The van der Waals surface area contributed by atoms with E-state index in [1.54, 1.807) is 11.0 Å². The normalized spacial score (nSPS) is 22.0. The number of piperidine rings is 1. The highest BCUT2D eigenvalue weighted by atomic mass is 16.5. The summed E-state index contributed by atoms with van der Waals surface area (Å²) in [6.07, 6.45) is 0.385. The summed E-state index contributed by atoms with van der Waals surface area (Å²) in [5, 5.41) is 9.99.